The van der Waals surface area contributed by atoms with E-state index in [9.17, 15) is 4.79 Å². The smallest absolute Gasteiger partial charge is 0.410 e. The molecule has 0 aromatic heterocycles. The molecule has 2 aliphatic rings. The van der Waals surface area contributed by atoms with Crippen molar-refractivity contribution in [2.24, 2.45) is 5.92 Å². The Bertz CT molecular complexity index is 288. The molecule has 0 spiro atoms. The first-order valence-corrected chi connectivity index (χ1v) is 5.12. The number of amides is 1. The van der Waals surface area contributed by atoms with Gasteiger partial charge in [-0.3, -0.25) is 0 Å². The van der Waals surface area contributed by atoms with Crippen LogP contribution in [0.2, 0.25) is 0 Å². The molecule has 14 heavy (non-hydrogen) atoms. The number of hydrogen-bond donors (Lipinski definition) is 0. The number of carbonyl (C=O) groups is 1. The fourth-order valence-corrected chi connectivity index (χ4v) is 1.70. The van der Waals surface area contributed by atoms with E-state index in [4.69, 9.17) is 4.74 Å². The zero-order chi connectivity index (χ0) is 10.3. The van der Waals surface area contributed by atoms with Crippen LogP contribution in [0, 0.1) is 5.92 Å². The van der Waals surface area contributed by atoms with Crippen molar-refractivity contribution in [2.45, 2.75) is 32.8 Å². The Labute approximate surface area is 84.7 Å². The Kier molecular flexibility index (Phi) is 2.05. The van der Waals surface area contributed by atoms with Gasteiger partial charge in [-0.15, -0.1) is 0 Å². The Morgan fingerprint density at radius 2 is 2.29 bits per heavy atom. The minimum Gasteiger partial charge on any atom is -0.444 e. The maximum Gasteiger partial charge on any atom is 0.410 e. The molecule has 2 rings (SSSR count). The van der Waals surface area contributed by atoms with Gasteiger partial charge in [0, 0.05) is 19.0 Å². The Balaban J connectivity index is 1.90. The predicted octanol–water partition coefficient (Wildman–Crippen LogP) is 2.18. The summed E-state index contributed by atoms with van der Waals surface area (Å²) < 4.78 is 5.30. The quantitative estimate of drug-likeness (QED) is 0.554. The first kappa shape index (κ1) is 9.56. The Morgan fingerprint density at radius 1 is 1.57 bits per heavy atom. The van der Waals surface area contributed by atoms with Crippen LogP contribution in [0.5, 0.6) is 0 Å². The van der Waals surface area contributed by atoms with E-state index in [-0.39, 0.29) is 11.7 Å². The third-order valence-electron chi connectivity index (χ3n) is 2.51. The van der Waals surface area contributed by atoms with Gasteiger partial charge in [-0.1, -0.05) is 11.6 Å². The molecule has 78 valence electrons. The van der Waals surface area contributed by atoms with Crippen molar-refractivity contribution in [3.05, 3.63) is 11.6 Å². The standard InChI is InChI=1S/C11H17NO2/c1-11(2,3)14-10(13)12-5-4-8-6-9(8)7-12/h4,9H,5-7H2,1-3H3/t9-/m0/s1. The minimum atomic E-state index is -0.384. The summed E-state index contributed by atoms with van der Waals surface area (Å²) >= 11 is 0. The fourth-order valence-electron chi connectivity index (χ4n) is 1.70. The average Bonchev–Trinajstić information content (AvgIpc) is 2.77. The molecule has 1 heterocycles. The highest BCUT2D eigenvalue weighted by atomic mass is 16.6. The van der Waals surface area contributed by atoms with Crippen LogP contribution in [0.25, 0.3) is 0 Å². The van der Waals surface area contributed by atoms with E-state index in [0.717, 1.165) is 13.1 Å². The van der Waals surface area contributed by atoms with Gasteiger partial charge in [0.2, 0.25) is 0 Å². The molecule has 1 saturated carbocycles. The molecule has 3 nitrogen and oxygen atoms in total. The van der Waals surface area contributed by atoms with Crippen molar-refractivity contribution in [1.82, 2.24) is 4.90 Å². The highest BCUT2D eigenvalue weighted by molar-refractivity contribution is 5.69. The van der Waals surface area contributed by atoms with Crippen LogP contribution in [0.15, 0.2) is 11.6 Å². The van der Waals surface area contributed by atoms with Gasteiger partial charge in [0.25, 0.3) is 0 Å². The van der Waals surface area contributed by atoms with Crippen molar-refractivity contribution in [2.75, 3.05) is 13.1 Å². The van der Waals surface area contributed by atoms with Gasteiger partial charge in [0.1, 0.15) is 5.60 Å². The molecule has 0 unspecified atom stereocenters. The highest BCUT2D eigenvalue weighted by Gasteiger charge is 2.36. The summed E-state index contributed by atoms with van der Waals surface area (Å²) in [5.41, 5.74) is 1.13. The van der Waals surface area contributed by atoms with Crippen molar-refractivity contribution in [3.8, 4) is 0 Å². The topological polar surface area (TPSA) is 29.5 Å². The lowest BCUT2D eigenvalue weighted by Crippen LogP contribution is -2.39. The number of ether oxygens (including phenoxy) is 1. The van der Waals surface area contributed by atoms with E-state index in [2.05, 4.69) is 6.08 Å². The summed E-state index contributed by atoms with van der Waals surface area (Å²) in [5, 5.41) is 0. The zero-order valence-corrected chi connectivity index (χ0v) is 9.04. The second-order valence-corrected chi connectivity index (χ2v) is 5.07. The highest BCUT2D eigenvalue weighted by Crippen LogP contribution is 2.40. The van der Waals surface area contributed by atoms with Gasteiger partial charge in [-0.2, -0.15) is 0 Å². The van der Waals surface area contributed by atoms with Crippen LogP contribution in [0.1, 0.15) is 27.2 Å². The lowest BCUT2D eigenvalue weighted by atomic mass is 10.2. The largest absolute Gasteiger partial charge is 0.444 e. The molecule has 0 aromatic rings. The zero-order valence-electron chi connectivity index (χ0n) is 9.04. The second-order valence-electron chi connectivity index (χ2n) is 5.07. The lowest BCUT2D eigenvalue weighted by Gasteiger charge is -2.27. The number of nitrogens with zero attached hydrogens (tertiary/aromatic N) is 1. The van der Waals surface area contributed by atoms with Crippen LogP contribution >= 0.6 is 0 Å². The third-order valence-corrected chi connectivity index (χ3v) is 2.51. The molecule has 1 fully saturated rings. The molecule has 1 aliphatic carbocycles. The summed E-state index contributed by atoms with van der Waals surface area (Å²) in [6.45, 7) is 7.26. The maximum atomic E-state index is 11.7. The fraction of sp³-hybridized carbons (Fsp3) is 0.727. The van der Waals surface area contributed by atoms with Gasteiger partial charge in [-0.25, -0.2) is 4.79 Å². The van der Waals surface area contributed by atoms with Gasteiger partial charge in [-0.05, 0) is 27.2 Å². The molecular formula is C11H17NO2. The summed E-state index contributed by atoms with van der Waals surface area (Å²) in [4.78, 5) is 13.4. The molecule has 1 atom stereocenters. The molecule has 0 N–H and O–H groups in total. The maximum absolute atomic E-state index is 11.7. The molecule has 1 aliphatic heterocycles. The van der Waals surface area contributed by atoms with Crippen LogP contribution in [0.4, 0.5) is 4.79 Å². The first-order chi connectivity index (χ1) is 6.46. The number of hydrogen-bond acceptors (Lipinski definition) is 2. The lowest BCUT2D eigenvalue weighted by molar-refractivity contribution is 0.0260. The van der Waals surface area contributed by atoms with Crippen LogP contribution < -0.4 is 0 Å². The van der Waals surface area contributed by atoms with Crippen LogP contribution in [-0.2, 0) is 4.74 Å². The van der Waals surface area contributed by atoms with E-state index < -0.39 is 0 Å². The van der Waals surface area contributed by atoms with Crippen LogP contribution in [0.3, 0.4) is 0 Å². The van der Waals surface area contributed by atoms with Crippen LogP contribution in [-0.4, -0.2) is 29.7 Å². The second kappa shape index (κ2) is 3.01. The number of carbonyl (C=O) groups excluding carboxylic acids is 1. The Morgan fingerprint density at radius 3 is 2.86 bits per heavy atom. The molecule has 0 bridgehead atoms. The average molecular weight is 195 g/mol. The normalized spacial score (nSPS) is 25.2. The van der Waals surface area contributed by atoms with E-state index in [1.165, 1.54) is 12.0 Å². The first-order valence-electron chi connectivity index (χ1n) is 5.12. The predicted molar refractivity (Wildman–Crippen MR) is 54.0 cm³/mol. The summed E-state index contributed by atoms with van der Waals surface area (Å²) in [6, 6.07) is 0. The van der Waals surface area contributed by atoms with E-state index >= 15 is 0 Å². The molecular weight excluding hydrogens is 178 g/mol. The summed E-state index contributed by atoms with van der Waals surface area (Å²) in [5.74, 6) is 0.635. The van der Waals surface area contributed by atoms with E-state index in [0.29, 0.717) is 5.92 Å². The van der Waals surface area contributed by atoms with Gasteiger partial charge in [0.05, 0.1) is 0 Å². The minimum absolute atomic E-state index is 0.181. The van der Waals surface area contributed by atoms with Gasteiger partial charge < -0.3 is 9.64 Å². The number of fused-ring (bicyclic) bond motifs is 1. The number of rotatable bonds is 0. The van der Waals surface area contributed by atoms with Crippen molar-refractivity contribution in [3.63, 3.8) is 0 Å². The van der Waals surface area contributed by atoms with Crippen molar-refractivity contribution in [1.29, 1.82) is 0 Å². The van der Waals surface area contributed by atoms with E-state index in [1.807, 2.05) is 20.8 Å². The molecule has 3 heteroatoms. The summed E-state index contributed by atoms with van der Waals surface area (Å²) in [7, 11) is 0. The van der Waals surface area contributed by atoms with Gasteiger partial charge in [0.15, 0.2) is 0 Å². The third kappa shape index (κ3) is 2.08. The molecule has 0 saturated heterocycles. The SMILES string of the molecule is CC(C)(C)OC(=O)N1CC=C2C[C@H]2C1. The summed E-state index contributed by atoms with van der Waals surface area (Å²) in [6.07, 6.45) is 3.15. The van der Waals surface area contributed by atoms with E-state index in [1.54, 1.807) is 4.90 Å². The van der Waals surface area contributed by atoms with Crippen molar-refractivity contribution >= 4 is 6.09 Å². The van der Waals surface area contributed by atoms with Crippen molar-refractivity contribution < 1.29 is 9.53 Å². The molecule has 1 amide bonds. The molecule has 0 radical (unpaired) electrons. The molecule has 0 aromatic carbocycles. The van der Waals surface area contributed by atoms with Gasteiger partial charge >= 0.3 is 6.09 Å². The monoisotopic (exact) mass is 195 g/mol. The Hall–Kier alpha value is -0.990.